The van der Waals surface area contributed by atoms with Crippen LogP contribution in [0.2, 0.25) is 0 Å². The van der Waals surface area contributed by atoms with Crippen LogP contribution in [0, 0.1) is 11.2 Å². The number of nitrogens with one attached hydrogen (secondary N) is 1. The minimum absolute atomic E-state index is 0.0223. The average molecular weight is 346 g/mol. The minimum atomic E-state index is -0.529. The molecular weight excluding hydrogens is 325 g/mol. The Morgan fingerprint density at radius 1 is 1.45 bits per heavy atom. The number of amides is 1. The number of rotatable bonds is 7. The van der Waals surface area contributed by atoms with Crippen LogP contribution >= 0.6 is 15.9 Å². The van der Waals surface area contributed by atoms with E-state index in [1.165, 1.54) is 19.2 Å². The molecule has 1 aromatic rings. The Kier molecular flexibility index (Phi) is 6.46. The molecule has 0 fully saturated rings. The largest absolute Gasteiger partial charge is 0.494 e. The second-order valence-corrected chi connectivity index (χ2v) is 6.28. The second kappa shape index (κ2) is 7.62. The van der Waals surface area contributed by atoms with Crippen molar-refractivity contribution in [3.8, 4) is 5.75 Å². The summed E-state index contributed by atoms with van der Waals surface area (Å²) in [5, 5.41) is 3.80. The number of ether oxygens (including phenoxy) is 1. The molecule has 3 nitrogen and oxygen atoms in total. The fourth-order valence-electron chi connectivity index (χ4n) is 1.86. The van der Waals surface area contributed by atoms with E-state index in [-0.39, 0.29) is 17.1 Å². The van der Waals surface area contributed by atoms with Gasteiger partial charge in [0.05, 0.1) is 7.11 Å². The van der Waals surface area contributed by atoms with Gasteiger partial charge < -0.3 is 10.1 Å². The van der Waals surface area contributed by atoms with E-state index in [0.29, 0.717) is 12.1 Å². The van der Waals surface area contributed by atoms with Crippen molar-refractivity contribution < 1.29 is 13.9 Å². The molecule has 0 radical (unpaired) electrons. The monoisotopic (exact) mass is 345 g/mol. The molecule has 0 heterocycles. The van der Waals surface area contributed by atoms with Crippen molar-refractivity contribution in [1.82, 2.24) is 5.32 Å². The molecular formula is C15H21BrFNO2. The molecule has 0 aliphatic carbocycles. The van der Waals surface area contributed by atoms with E-state index in [9.17, 15) is 9.18 Å². The highest BCUT2D eigenvalue weighted by molar-refractivity contribution is 9.09. The second-order valence-electron chi connectivity index (χ2n) is 5.49. The van der Waals surface area contributed by atoms with E-state index in [2.05, 4.69) is 35.1 Å². The van der Waals surface area contributed by atoms with Crippen molar-refractivity contribution >= 4 is 21.8 Å². The molecule has 0 aliphatic heterocycles. The van der Waals surface area contributed by atoms with Crippen LogP contribution in [0.15, 0.2) is 18.2 Å². The first-order valence-electron chi connectivity index (χ1n) is 6.57. The Morgan fingerprint density at radius 2 is 2.15 bits per heavy atom. The summed E-state index contributed by atoms with van der Waals surface area (Å²) >= 11 is 3.40. The lowest BCUT2D eigenvalue weighted by molar-refractivity contribution is 0.0934. The van der Waals surface area contributed by atoms with Gasteiger partial charge in [-0.25, -0.2) is 4.39 Å². The van der Waals surface area contributed by atoms with E-state index >= 15 is 0 Å². The summed E-state index contributed by atoms with van der Waals surface area (Å²) in [6.45, 7) is 4.77. The Balaban J connectivity index is 2.61. The Bertz CT molecular complexity index is 463. The number of carbonyl (C=O) groups is 1. The zero-order chi connectivity index (χ0) is 15.2. The first-order chi connectivity index (χ1) is 9.39. The molecule has 0 aliphatic rings. The number of methoxy groups -OCH3 is 1. The number of benzene rings is 1. The standard InChI is InChI=1S/C15H21BrFNO2/c1-15(2,7-4-8-16)10-18-14(19)11-5-6-13(20-3)12(17)9-11/h5-6,9H,4,7-8,10H2,1-3H3,(H,18,19). The number of halogens is 2. The van der Waals surface area contributed by atoms with Gasteiger partial charge >= 0.3 is 0 Å². The zero-order valence-corrected chi connectivity index (χ0v) is 13.7. The lowest BCUT2D eigenvalue weighted by atomic mass is 9.88. The molecule has 20 heavy (non-hydrogen) atoms. The predicted octanol–water partition coefficient (Wildman–Crippen LogP) is 3.77. The van der Waals surface area contributed by atoms with Crippen molar-refractivity contribution in [1.29, 1.82) is 0 Å². The van der Waals surface area contributed by atoms with Gasteiger partial charge in [0.1, 0.15) is 0 Å². The summed E-state index contributed by atoms with van der Waals surface area (Å²) in [5.41, 5.74) is 0.327. The highest BCUT2D eigenvalue weighted by atomic mass is 79.9. The van der Waals surface area contributed by atoms with E-state index in [4.69, 9.17) is 4.74 Å². The third-order valence-electron chi connectivity index (χ3n) is 3.13. The maximum Gasteiger partial charge on any atom is 0.251 e. The SMILES string of the molecule is COc1ccc(C(=O)NCC(C)(C)CCCBr)cc1F. The quantitative estimate of drug-likeness (QED) is 0.764. The molecule has 1 N–H and O–H groups in total. The Morgan fingerprint density at radius 3 is 2.70 bits per heavy atom. The molecule has 112 valence electrons. The van der Waals surface area contributed by atoms with Crippen LogP contribution in [-0.2, 0) is 0 Å². The summed E-state index contributed by atoms with van der Waals surface area (Å²) in [6.07, 6.45) is 2.07. The molecule has 0 spiro atoms. The van der Waals surface area contributed by atoms with E-state index in [1.54, 1.807) is 6.07 Å². The fourth-order valence-corrected chi connectivity index (χ4v) is 2.14. The fraction of sp³-hybridized carbons (Fsp3) is 0.533. The lowest BCUT2D eigenvalue weighted by Crippen LogP contribution is -2.34. The van der Waals surface area contributed by atoms with E-state index in [1.807, 2.05) is 0 Å². The molecule has 1 rings (SSSR count). The molecule has 0 saturated heterocycles. The molecule has 0 saturated carbocycles. The smallest absolute Gasteiger partial charge is 0.251 e. The summed E-state index contributed by atoms with van der Waals surface area (Å²) in [6, 6.07) is 4.21. The lowest BCUT2D eigenvalue weighted by Gasteiger charge is -2.24. The number of hydrogen-bond acceptors (Lipinski definition) is 2. The van der Waals surface area contributed by atoms with Crippen LogP contribution in [0.5, 0.6) is 5.75 Å². The summed E-state index contributed by atoms with van der Waals surface area (Å²) in [5.74, 6) is -0.656. The van der Waals surface area contributed by atoms with Crippen LogP contribution in [-0.4, -0.2) is 24.9 Å². The number of carbonyl (C=O) groups excluding carboxylic acids is 1. The van der Waals surface area contributed by atoms with Crippen molar-refractivity contribution in [3.63, 3.8) is 0 Å². The van der Waals surface area contributed by atoms with Crippen molar-refractivity contribution in [2.24, 2.45) is 5.41 Å². The van der Waals surface area contributed by atoms with Crippen LogP contribution in [0.3, 0.4) is 0 Å². The molecule has 1 aromatic carbocycles. The third-order valence-corrected chi connectivity index (χ3v) is 3.69. The van der Waals surface area contributed by atoms with Crippen LogP contribution in [0.1, 0.15) is 37.0 Å². The topological polar surface area (TPSA) is 38.3 Å². The van der Waals surface area contributed by atoms with Gasteiger partial charge in [0, 0.05) is 17.4 Å². The van der Waals surface area contributed by atoms with Crippen LogP contribution in [0.4, 0.5) is 4.39 Å². The normalized spacial score (nSPS) is 11.2. The van der Waals surface area contributed by atoms with Gasteiger partial charge in [0.2, 0.25) is 0 Å². The Hall–Kier alpha value is -1.10. The molecule has 5 heteroatoms. The molecule has 0 bridgehead atoms. The van der Waals surface area contributed by atoms with Crippen LogP contribution < -0.4 is 10.1 Å². The molecule has 0 atom stereocenters. The first-order valence-corrected chi connectivity index (χ1v) is 7.69. The third kappa shape index (κ3) is 5.12. The maximum absolute atomic E-state index is 13.5. The van der Waals surface area contributed by atoms with Gasteiger partial charge in [-0.2, -0.15) is 0 Å². The summed E-state index contributed by atoms with van der Waals surface area (Å²) in [4.78, 5) is 12.0. The van der Waals surface area contributed by atoms with Crippen molar-refractivity contribution in [2.45, 2.75) is 26.7 Å². The summed E-state index contributed by atoms with van der Waals surface area (Å²) < 4.78 is 18.4. The maximum atomic E-state index is 13.5. The zero-order valence-electron chi connectivity index (χ0n) is 12.1. The molecule has 0 aromatic heterocycles. The van der Waals surface area contributed by atoms with Crippen molar-refractivity contribution in [3.05, 3.63) is 29.6 Å². The van der Waals surface area contributed by atoms with Gasteiger partial charge in [-0.1, -0.05) is 29.8 Å². The van der Waals surface area contributed by atoms with E-state index < -0.39 is 5.82 Å². The summed E-state index contributed by atoms with van der Waals surface area (Å²) in [7, 11) is 1.39. The number of hydrogen-bond donors (Lipinski definition) is 1. The van der Waals surface area contributed by atoms with Gasteiger partial charge in [-0.3, -0.25) is 4.79 Å². The number of alkyl halides is 1. The van der Waals surface area contributed by atoms with E-state index in [0.717, 1.165) is 18.2 Å². The van der Waals surface area contributed by atoms with Crippen LogP contribution in [0.25, 0.3) is 0 Å². The predicted molar refractivity (Wildman–Crippen MR) is 82.1 cm³/mol. The highest BCUT2D eigenvalue weighted by Crippen LogP contribution is 2.22. The van der Waals surface area contributed by atoms with Gasteiger partial charge in [0.15, 0.2) is 11.6 Å². The molecule has 1 amide bonds. The van der Waals surface area contributed by atoms with Gasteiger partial charge in [-0.15, -0.1) is 0 Å². The average Bonchev–Trinajstić information content (AvgIpc) is 2.42. The highest BCUT2D eigenvalue weighted by Gasteiger charge is 2.19. The minimum Gasteiger partial charge on any atom is -0.494 e. The van der Waals surface area contributed by atoms with Gasteiger partial charge in [-0.05, 0) is 36.5 Å². The Labute approximate surface area is 128 Å². The van der Waals surface area contributed by atoms with Gasteiger partial charge in [0.25, 0.3) is 5.91 Å². The molecule has 0 unspecified atom stereocenters. The van der Waals surface area contributed by atoms with Crippen molar-refractivity contribution in [2.75, 3.05) is 19.0 Å². The first kappa shape index (κ1) is 17.0.